The third-order valence-corrected chi connectivity index (χ3v) is 7.13. The Bertz CT molecular complexity index is 1150. The molecule has 14 nitrogen and oxygen atoms in total. The van der Waals surface area contributed by atoms with E-state index in [0.29, 0.717) is 0 Å². The monoisotopic (exact) mass is 635 g/mol. The molecule has 2 rings (SSSR count). The van der Waals surface area contributed by atoms with Gasteiger partial charge in [-0.15, -0.1) is 0 Å². The van der Waals surface area contributed by atoms with E-state index in [2.05, 4.69) is 9.50 Å². The quantitative estimate of drug-likeness (QED) is 0.177. The number of hydrogen-bond donors (Lipinski definition) is 1. The fraction of sp³-hybridized carbons (Fsp3) is 0.833. The van der Waals surface area contributed by atoms with Crippen molar-refractivity contribution in [2.45, 2.75) is 102 Å². The summed E-state index contributed by atoms with van der Waals surface area (Å²) in [6, 6.07) is -1.61. The summed E-state index contributed by atoms with van der Waals surface area (Å²) in [5.41, 5.74) is -10.2. The number of carbonyl (C=O) groups excluding carboxylic acids is 4. The lowest BCUT2D eigenvalue weighted by molar-refractivity contribution is -0.209. The highest BCUT2D eigenvalue weighted by Gasteiger charge is 2.62. The number of rotatable bonds is 8. The van der Waals surface area contributed by atoms with Crippen molar-refractivity contribution in [1.82, 2.24) is 5.32 Å². The molecule has 0 bridgehead atoms. The van der Waals surface area contributed by atoms with Crippen molar-refractivity contribution in [1.29, 1.82) is 0 Å². The Morgan fingerprint density at radius 1 is 1.02 bits per heavy atom. The number of fused-ring (bicyclic) bond motifs is 1. The Morgan fingerprint density at radius 3 is 2.10 bits per heavy atom. The van der Waals surface area contributed by atoms with E-state index in [0.717, 1.165) is 14.2 Å². The highest BCUT2D eigenvalue weighted by atomic mass is 32.2. The van der Waals surface area contributed by atoms with Crippen molar-refractivity contribution >= 4 is 34.1 Å². The maximum atomic E-state index is 13.3. The third-order valence-electron chi connectivity index (χ3n) is 6.08. The second kappa shape index (κ2) is 12.5. The number of alkyl carbamates (subject to hydrolysis) is 1. The van der Waals surface area contributed by atoms with Crippen molar-refractivity contribution in [3.63, 3.8) is 0 Å². The molecule has 1 amide bonds. The van der Waals surface area contributed by atoms with Crippen LogP contribution in [0.25, 0.3) is 0 Å². The average Bonchev–Trinajstić information content (AvgIpc) is 3.21. The number of carbonyl (C=O) groups is 4. The Labute approximate surface area is 240 Å². The molecule has 2 aliphatic rings. The fourth-order valence-electron chi connectivity index (χ4n) is 4.16. The van der Waals surface area contributed by atoms with Gasteiger partial charge < -0.3 is 33.7 Å². The van der Waals surface area contributed by atoms with Crippen LogP contribution in [-0.2, 0) is 57.1 Å². The van der Waals surface area contributed by atoms with Crippen LogP contribution in [0.3, 0.4) is 0 Å². The number of halogens is 3. The molecule has 0 saturated carbocycles. The summed E-state index contributed by atoms with van der Waals surface area (Å²) in [5.74, 6) is -3.11. The van der Waals surface area contributed by atoms with Gasteiger partial charge in [0.05, 0.1) is 32.3 Å². The lowest BCUT2D eigenvalue weighted by atomic mass is 9.89. The smallest absolute Gasteiger partial charge is 0.467 e. The molecule has 0 aromatic heterocycles. The molecule has 0 unspecified atom stereocenters. The molecular formula is C24H36F3NO13S. The first-order valence-electron chi connectivity index (χ1n) is 12.6. The van der Waals surface area contributed by atoms with Gasteiger partial charge in [-0.2, -0.15) is 21.6 Å². The zero-order valence-electron chi connectivity index (χ0n) is 24.4. The lowest BCUT2D eigenvalue weighted by Crippen LogP contribution is -2.56. The van der Waals surface area contributed by atoms with Gasteiger partial charge in [0.2, 0.25) is 0 Å². The van der Waals surface area contributed by atoms with E-state index in [1.807, 2.05) is 0 Å². The zero-order valence-corrected chi connectivity index (χ0v) is 25.2. The summed E-state index contributed by atoms with van der Waals surface area (Å²) >= 11 is 0. The van der Waals surface area contributed by atoms with Crippen LogP contribution in [0.15, 0.2) is 0 Å². The fourth-order valence-corrected chi connectivity index (χ4v) is 4.80. The minimum absolute atomic E-state index is 0.486. The van der Waals surface area contributed by atoms with Gasteiger partial charge in [0.15, 0.2) is 11.7 Å². The van der Waals surface area contributed by atoms with Gasteiger partial charge in [0, 0.05) is 12.8 Å². The molecule has 0 spiro atoms. The minimum Gasteiger partial charge on any atom is -0.467 e. The molecule has 2 heterocycles. The highest BCUT2D eigenvalue weighted by molar-refractivity contribution is 7.87. The molecule has 0 aromatic rings. The Balaban J connectivity index is 2.51. The molecule has 2 aliphatic heterocycles. The average molecular weight is 636 g/mol. The number of methoxy groups -OCH3 is 2. The van der Waals surface area contributed by atoms with Crippen molar-refractivity contribution in [2.75, 3.05) is 20.8 Å². The standard InChI is InChI=1S/C24H36F3NO13S/c1-21(2,3)18(30)38-14-11-37-13-10-23(19(31)36-8,39-15(13)16(14)41-42(33,34)24(25,26)27)9-12(17(29)35-7)28-20(32)40-22(4,5)6/h12-16H,9-11H2,1-8H3,(H,28,32)/t12-,13+,14-,15-,16-,23+/m0/s1. The highest BCUT2D eigenvalue weighted by Crippen LogP contribution is 2.44. The number of esters is 3. The van der Waals surface area contributed by atoms with Crippen LogP contribution in [0, 0.1) is 5.41 Å². The predicted octanol–water partition coefficient (Wildman–Crippen LogP) is 1.74. The first kappa shape index (κ1) is 35.5. The molecule has 0 aromatic carbocycles. The Hall–Kier alpha value is -2.70. The summed E-state index contributed by atoms with van der Waals surface area (Å²) in [4.78, 5) is 50.6. The van der Waals surface area contributed by atoms with Crippen LogP contribution < -0.4 is 5.32 Å². The normalized spacial score (nSPS) is 27.3. The van der Waals surface area contributed by atoms with E-state index in [-0.39, 0.29) is 0 Å². The summed E-state index contributed by atoms with van der Waals surface area (Å²) in [5, 5.41) is 2.25. The van der Waals surface area contributed by atoms with Crippen molar-refractivity contribution in [3.05, 3.63) is 0 Å². The second-order valence-electron chi connectivity index (χ2n) is 11.7. The molecule has 0 aliphatic carbocycles. The second-order valence-corrected chi connectivity index (χ2v) is 13.3. The lowest BCUT2D eigenvalue weighted by Gasteiger charge is -2.38. The van der Waals surface area contributed by atoms with E-state index < -0.39 is 106 Å². The summed E-state index contributed by atoms with van der Waals surface area (Å²) in [6.07, 6.45) is -9.18. The van der Waals surface area contributed by atoms with Crippen LogP contribution in [0.1, 0.15) is 54.4 Å². The molecule has 2 fully saturated rings. The molecule has 42 heavy (non-hydrogen) atoms. The Kier molecular flexibility index (Phi) is 10.6. The van der Waals surface area contributed by atoms with E-state index in [4.69, 9.17) is 28.4 Å². The van der Waals surface area contributed by atoms with Crippen LogP contribution >= 0.6 is 0 Å². The van der Waals surface area contributed by atoms with Gasteiger partial charge in [-0.25, -0.2) is 14.4 Å². The van der Waals surface area contributed by atoms with Crippen molar-refractivity contribution in [2.24, 2.45) is 5.41 Å². The molecule has 18 heteroatoms. The topological polar surface area (TPSA) is 179 Å². The van der Waals surface area contributed by atoms with Gasteiger partial charge in [0.1, 0.15) is 23.9 Å². The molecule has 242 valence electrons. The molecular weight excluding hydrogens is 599 g/mol. The van der Waals surface area contributed by atoms with Crippen LogP contribution in [-0.4, -0.2) is 100 Å². The van der Waals surface area contributed by atoms with Gasteiger partial charge in [-0.1, -0.05) is 0 Å². The Morgan fingerprint density at radius 2 is 1.62 bits per heavy atom. The molecule has 6 atom stereocenters. The third kappa shape index (κ3) is 8.44. The van der Waals surface area contributed by atoms with E-state index >= 15 is 0 Å². The van der Waals surface area contributed by atoms with Gasteiger partial charge in [0.25, 0.3) is 0 Å². The van der Waals surface area contributed by atoms with Crippen molar-refractivity contribution in [3.8, 4) is 0 Å². The largest absolute Gasteiger partial charge is 0.523 e. The SMILES string of the molecule is COC(=O)[C@H](C[C@]1(C(=O)OC)C[C@H]2OC[C@H](OC(=O)C(C)(C)C)[C@H](OS(=O)(=O)C(F)(F)F)[C@H]2O1)NC(=O)OC(C)(C)C. The number of alkyl halides is 3. The molecule has 0 radical (unpaired) electrons. The number of hydrogen-bond acceptors (Lipinski definition) is 13. The van der Waals surface area contributed by atoms with E-state index in [1.165, 1.54) is 20.8 Å². The van der Waals surface area contributed by atoms with Gasteiger partial charge in [-0.05, 0) is 41.5 Å². The van der Waals surface area contributed by atoms with Crippen LogP contribution in [0.5, 0.6) is 0 Å². The number of amides is 1. The van der Waals surface area contributed by atoms with Gasteiger partial charge >= 0.3 is 39.6 Å². The maximum Gasteiger partial charge on any atom is 0.523 e. The minimum atomic E-state index is -6.27. The van der Waals surface area contributed by atoms with Crippen molar-refractivity contribution < 1.29 is 73.4 Å². The summed E-state index contributed by atoms with van der Waals surface area (Å²) in [6.45, 7) is 8.37. The van der Waals surface area contributed by atoms with Gasteiger partial charge in [-0.3, -0.25) is 8.98 Å². The van der Waals surface area contributed by atoms with Crippen LogP contribution in [0.2, 0.25) is 0 Å². The molecule has 2 saturated heterocycles. The van der Waals surface area contributed by atoms with E-state index in [9.17, 15) is 40.8 Å². The van der Waals surface area contributed by atoms with Crippen LogP contribution in [0.4, 0.5) is 18.0 Å². The summed E-state index contributed by atoms with van der Waals surface area (Å²) < 4.78 is 99.9. The molecule has 1 N–H and O–H groups in total. The number of ether oxygens (including phenoxy) is 6. The zero-order chi connectivity index (χ0) is 32.5. The maximum absolute atomic E-state index is 13.3. The van der Waals surface area contributed by atoms with E-state index in [1.54, 1.807) is 20.8 Å². The first-order chi connectivity index (χ1) is 19.0. The summed E-state index contributed by atoms with van der Waals surface area (Å²) in [7, 11) is -4.31. The predicted molar refractivity (Wildman–Crippen MR) is 133 cm³/mol. The number of nitrogens with one attached hydrogen (secondary N) is 1. The first-order valence-corrected chi connectivity index (χ1v) is 14.0.